The average molecular weight is 308 g/mol. The highest BCUT2D eigenvalue weighted by Gasteiger charge is 2.13. The van der Waals surface area contributed by atoms with Crippen molar-refractivity contribution in [3.8, 4) is 0 Å². The van der Waals surface area contributed by atoms with Crippen LogP contribution in [-0.4, -0.2) is 20.6 Å². The van der Waals surface area contributed by atoms with Gasteiger partial charge in [0.2, 0.25) is 0 Å². The van der Waals surface area contributed by atoms with Gasteiger partial charge in [0.25, 0.3) is 0 Å². The average Bonchev–Trinajstić information content (AvgIpc) is 2.85. The zero-order chi connectivity index (χ0) is 16.4. The fourth-order valence-corrected chi connectivity index (χ4v) is 2.89. The molecule has 2 aromatic carbocycles. The van der Waals surface area contributed by atoms with Crippen LogP contribution in [0.15, 0.2) is 42.5 Å². The van der Waals surface area contributed by atoms with Crippen LogP contribution in [0.4, 0.5) is 0 Å². The number of carbonyl (C=O) groups is 1. The van der Waals surface area contributed by atoms with E-state index in [1.165, 1.54) is 11.1 Å². The molecular weight excluding hydrogens is 288 g/mol. The van der Waals surface area contributed by atoms with Crippen molar-refractivity contribution in [3.05, 3.63) is 65.0 Å². The Morgan fingerprint density at radius 3 is 2.74 bits per heavy atom. The van der Waals surface area contributed by atoms with Crippen LogP contribution in [0, 0.1) is 6.92 Å². The number of imidazole rings is 1. The van der Waals surface area contributed by atoms with Crippen LogP contribution in [-0.2, 0) is 13.0 Å². The number of fused-ring (bicyclic) bond motifs is 1. The highest BCUT2D eigenvalue weighted by Crippen LogP contribution is 2.21. The third kappa shape index (κ3) is 3.11. The van der Waals surface area contributed by atoms with Gasteiger partial charge in [-0.25, -0.2) is 9.78 Å². The van der Waals surface area contributed by atoms with Crippen molar-refractivity contribution in [1.82, 2.24) is 9.55 Å². The van der Waals surface area contributed by atoms with Crippen LogP contribution in [0.1, 0.15) is 40.7 Å². The Bertz CT molecular complexity index is 865. The van der Waals surface area contributed by atoms with Gasteiger partial charge in [-0.15, -0.1) is 0 Å². The van der Waals surface area contributed by atoms with Crippen LogP contribution >= 0.6 is 0 Å². The maximum Gasteiger partial charge on any atom is 0.335 e. The number of benzene rings is 2. The largest absolute Gasteiger partial charge is 0.478 e. The molecular formula is C19H20N2O2. The van der Waals surface area contributed by atoms with Crippen molar-refractivity contribution in [2.45, 2.75) is 33.2 Å². The lowest BCUT2D eigenvalue weighted by Crippen LogP contribution is -2.06. The van der Waals surface area contributed by atoms with Gasteiger partial charge >= 0.3 is 5.97 Å². The first-order valence-electron chi connectivity index (χ1n) is 7.86. The van der Waals surface area contributed by atoms with Gasteiger partial charge in [0.1, 0.15) is 5.82 Å². The van der Waals surface area contributed by atoms with E-state index in [2.05, 4.69) is 36.6 Å². The summed E-state index contributed by atoms with van der Waals surface area (Å²) in [5.41, 5.74) is 4.45. The molecule has 0 saturated carbocycles. The summed E-state index contributed by atoms with van der Waals surface area (Å²) in [6, 6.07) is 13.5. The van der Waals surface area contributed by atoms with Gasteiger partial charge < -0.3 is 9.67 Å². The van der Waals surface area contributed by atoms with Crippen LogP contribution < -0.4 is 0 Å². The molecule has 0 aliphatic rings. The molecule has 0 aliphatic carbocycles. The summed E-state index contributed by atoms with van der Waals surface area (Å²) < 4.78 is 2.14. The van der Waals surface area contributed by atoms with Crippen molar-refractivity contribution in [1.29, 1.82) is 0 Å². The lowest BCUT2D eigenvalue weighted by atomic mass is 10.1. The van der Waals surface area contributed by atoms with Crippen LogP contribution in [0.2, 0.25) is 0 Å². The van der Waals surface area contributed by atoms with E-state index in [-0.39, 0.29) is 0 Å². The Kier molecular flexibility index (Phi) is 4.15. The molecule has 1 aromatic heterocycles. The quantitative estimate of drug-likeness (QED) is 0.774. The monoisotopic (exact) mass is 308 g/mol. The van der Waals surface area contributed by atoms with Gasteiger partial charge in [0.05, 0.1) is 16.6 Å². The second-order valence-corrected chi connectivity index (χ2v) is 5.86. The van der Waals surface area contributed by atoms with E-state index < -0.39 is 5.97 Å². The predicted octanol–water partition coefficient (Wildman–Crippen LogP) is 4.04. The summed E-state index contributed by atoms with van der Waals surface area (Å²) in [5, 5.41) is 9.24. The molecule has 4 heteroatoms. The molecule has 0 aliphatic heterocycles. The molecule has 1 heterocycles. The van der Waals surface area contributed by atoms with Crippen molar-refractivity contribution >= 4 is 17.0 Å². The topological polar surface area (TPSA) is 55.1 Å². The summed E-state index contributed by atoms with van der Waals surface area (Å²) in [6.07, 6.45) is 1.88. The number of aryl methyl sites for hydroxylation is 2. The SMILES string of the molecule is CCCc1nc2ccc(C(=O)O)cc2n1Cc1cccc(C)c1. The van der Waals surface area contributed by atoms with Crippen molar-refractivity contribution in [2.75, 3.05) is 0 Å². The normalized spacial score (nSPS) is 11.0. The maximum atomic E-state index is 11.3. The zero-order valence-electron chi connectivity index (χ0n) is 13.4. The molecule has 1 N–H and O–H groups in total. The Morgan fingerprint density at radius 1 is 1.22 bits per heavy atom. The number of rotatable bonds is 5. The first kappa shape index (κ1) is 15.3. The van der Waals surface area contributed by atoms with Crippen molar-refractivity contribution in [3.63, 3.8) is 0 Å². The first-order chi connectivity index (χ1) is 11.1. The second kappa shape index (κ2) is 6.24. The summed E-state index contributed by atoms with van der Waals surface area (Å²) >= 11 is 0. The van der Waals surface area contributed by atoms with Crippen molar-refractivity contribution in [2.24, 2.45) is 0 Å². The van der Waals surface area contributed by atoms with E-state index in [9.17, 15) is 9.90 Å². The molecule has 0 amide bonds. The molecule has 23 heavy (non-hydrogen) atoms. The standard InChI is InChI=1S/C19H20N2O2/c1-3-5-18-20-16-9-8-15(19(22)23)11-17(16)21(18)12-14-7-4-6-13(2)10-14/h4,6-11H,3,5,12H2,1-2H3,(H,22,23). The Balaban J connectivity index is 2.12. The number of hydrogen-bond donors (Lipinski definition) is 1. The summed E-state index contributed by atoms with van der Waals surface area (Å²) in [6.45, 7) is 4.90. The van der Waals surface area contributed by atoms with Gasteiger partial charge in [0, 0.05) is 13.0 Å². The molecule has 0 atom stereocenters. The number of carboxylic acids is 1. The third-order valence-electron chi connectivity index (χ3n) is 3.97. The smallest absolute Gasteiger partial charge is 0.335 e. The Hall–Kier alpha value is -2.62. The molecule has 0 saturated heterocycles. The molecule has 0 bridgehead atoms. The molecule has 4 nitrogen and oxygen atoms in total. The van der Waals surface area contributed by atoms with Crippen molar-refractivity contribution < 1.29 is 9.90 Å². The van der Waals surface area contributed by atoms with E-state index in [1.807, 2.05) is 6.07 Å². The van der Waals surface area contributed by atoms with Gasteiger partial charge in [0.15, 0.2) is 0 Å². The second-order valence-electron chi connectivity index (χ2n) is 5.86. The number of nitrogens with zero attached hydrogens (tertiary/aromatic N) is 2. The third-order valence-corrected chi connectivity index (χ3v) is 3.97. The van der Waals surface area contributed by atoms with Crippen LogP contribution in [0.25, 0.3) is 11.0 Å². The molecule has 3 rings (SSSR count). The van der Waals surface area contributed by atoms with Gasteiger partial charge in [-0.3, -0.25) is 0 Å². The Labute approximate surface area is 135 Å². The van der Waals surface area contributed by atoms with E-state index in [4.69, 9.17) is 4.98 Å². The lowest BCUT2D eigenvalue weighted by molar-refractivity contribution is 0.0697. The maximum absolute atomic E-state index is 11.3. The van der Waals surface area contributed by atoms with E-state index in [1.54, 1.807) is 18.2 Å². The summed E-state index contributed by atoms with van der Waals surface area (Å²) in [4.78, 5) is 16.0. The minimum absolute atomic E-state index is 0.297. The Morgan fingerprint density at radius 2 is 2.04 bits per heavy atom. The van der Waals surface area contributed by atoms with Crippen LogP contribution in [0.5, 0.6) is 0 Å². The number of aromatic nitrogens is 2. The van der Waals surface area contributed by atoms with Gasteiger partial charge in [-0.1, -0.05) is 36.8 Å². The van der Waals surface area contributed by atoms with Crippen LogP contribution in [0.3, 0.4) is 0 Å². The molecule has 0 spiro atoms. The molecule has 0 radical (unpaired) electrons. The number of carboxylic acid groups (broad SMARTS) is 1. The van der Waals surface area contributed by atoms with Gasteiger partial charge in [-0.2, -0.15) is 0 Å². The number of hydrogen-bond acceptors (Lipinski definition) is 2. The highest BCUT2D eigenvalue weighted by atomic mass is 16.4. The van der Waals surface area contributed by atoms with E-state index >= 15 is 0 Å². The number of aromatic carboxylic acids is 1. The molecule has 118 valence electrons. The predicted molar refractivity (Wildman–Crippen MR) is 91.0 cm³/mol. The molecule has 0 fully saturated rings. The zero-order valence-corrected chi connectivity index (χ0v) is 13.4. The lowest BCUT2D eigenvalue weighted by Gasteiger charge is -2.10. The molecule has 3 aromatic rings. The van der Waals surface area contributed by atoms with E-state index in [0.717, 1.165) is 29.7 Å². The minimum atomic E-state index is -0.910. The van der Waals surface area contributed by atoms with E-state index in [0.29, 0.717) is 12.1 Å². The highest BCUT2D eigenvalue weighted by molar-refractivity contribution is 5.92. The first-order valence-corrected chi connectivity index (χ1v) is 7.86. The van der Waals surface area contributed by atoms with Gasteiger partial charge in [-0.05, 0) is 37.1 Å². The molecule has 0 unspecified atom stereocenters. The summed E-state index contributed by atoms with van der Waals surface area (Å²) in [5.74, 6) is 0.0961. The summed E-state index contributed by atoms with van der Waals surface area (Å²) in [7, 11) is 0. The minimum Gasteiger partial charge on any atom is -0.478 e. The fourth-order valence-electron chi connectivity index (χ4n) is 2.89. The fraction of sp³-hybridized carbons (Fsp3) is 0.263.